The van der Waals surface area contributed by atoms with E-state index in [9.17, 15) is 9.90 Å². The van der Waals surface area contributed by atoms with Crippen molar-refractivity contribution in [1.29, 1.82) is 0 Å². The lowest BCUT2D eigenvalue weighted by atomic mass is 9.83. The molecular weight excluding hydrogens is 180 g/mol. The maximum atomic E-state index is 11.6. The van der Waals surface area contributed by atoms with Crippen molar-refractivity contribution in [1.82, 2.24) is 4.90 Å². The van der Waals surface area contributed by atoms with Crippen molar-refractivity contribution in [3.8, 4) is 0 Å². The molecule has 14 heavy (non-hydrogen) atoms. The van der Waals surface area contributed by atoms with Gasteiger partial charge in [0.25, 0.3) is 0 Å². The minimum absolute atomic E-state index is 0.000694. The lowest BCUT2D eigenvalue weighted by molar-refractivity contribution is -0.131. The van der Waals surface area contributed by atoms with Crippen LogP contribution in [0.25, 0.3) is 0 Å². The number of likely N-dealkylation sites (tertiary alicyclic amines) is 1. The zero-order chi connectivity index (χ0) is 10.9. The van der Waals surface area contributed by atoms with Gasteiger partial charge in [-0.3, -0.25) is 4.79 Å². The van der Waals surface area contributed by atoms with Crippen molar-refractivity contribution >= 4 is 5.91 Å². The van der Waals surface area contributed by atoms with Gasteiger partial charge in [0.15, 0.2) is 0 Å². The number of aliphatic hydroxyl groups excluding tert-OH is 1. The Labute approximate surface area is 85.1 Å². The molecule has 0 spiro atoms. The van der Waals surface area contributed by atoms with Crippen LogP contribution in [-0.2, 0) is 4.79 Å². The van der Waals surface area contributed by atoms with Crippen LogP contribution in [-0.4, -0.2) is 41.7 Å². The zero-order valence-corrected chi connectivity index (χ0v) is 9.16. The molecular formula is C10H20N2O2. The molecule has 0 aromatic heterocycles. The molecule has 0 saturated carbocycles. The summed E-state index contributed by atoms with van der Waals surface area (Å²) in [5.41, 5.74) is 5.54. The Morgan fingerprint density at radius 1 is 1.71 bits per heavy atom. The number of hydrogen-bond acceptors (Lipinski definition) is 3. The van der Waals surface area contributed by atoms with Gasteiger partial charge in [0, 0.05) is 25.6 Å². The maximum Gasteiger partial charge on any atom is 0.239 e. The summed E-state index contributed by atoms with van der Waals surface area (Å²) in [4.78, 5) is 13.4. The Bertz CT molecular complexity index is 226. The lowest BCUT2D eigenvalue weighted by Crippen LogP contribution is -2.41. The fourth-order valence-corrected chi connectivity index (χ4v) is 1.96. The summed E-state index contributed by atoms with van der Waals surface area (Å²) < 4.78 is 0. The minimum Gasteiger partial charge on any atom is -0.396 e. The third kappa shape index (κ3) is 2.07. The lowest BCUT2D eigenvalue weighted by Gasteiger charge is -2.23. The smallest absolute Gasteiger partial charge is 0.239 e. The second kappa shape index (κ2) is 3.87. The Hall–Kier alpha value is -0.610. The van der Waals surface area contributed by atoms with Crippen molar-refractivity contribution in [2.24, 2.45) is 17.1 Å². The molecule has 1 aliphatic heterocycles. The molecule has 0 aromatic carbocycles. The van der Waals surface area contributed by atoms with Gasteiger partial charge in [0.2, 0.25) is 5.91 Å². The molecule has 1 heterocycles. The predicted octanol–water partition coefficient (Wildman–Crippen LogP) is -0.189. The van der Waals surface area contributed by atoms with E-state index in [0.717, 1.165) is 0 Å². The van der Waals surface area contributed by atoms with Gasteiger partial charge >= 0.3 is 0 Å². The largest absolute Gasteiger partial charge is 0.396 e. The minimum atomic E-state index is -0.441. The fraction of sp³-hybridized carbons (Fsp3) is 0.900. The quantitative estimate of drug-likeness (QED) is 0.649. The van der Waals surface area contributed by atoms with E-state index in [1.165, 1.54) is 0 Å². The summed E-state index contributed by atoms with van der Waals surface area (Å²) in [5.74, 6) is 0.152. The molecule has 2 unspecified atom stereocenters. The normalized spacial score (nSPS) is 27.8. The van der Waals surface area contributed by atoms with Crippen LogP contribution >= 0.6 is 0 Å². The van der Waals surface area contributed by atoms with Gasteiger partial charge in [-0.15, -0.1) is 0 Å². The molecule has 3 N–H and O–H groups in total. The third-order valence-electron chi connectivity index (χ3n) is 3.07. The molecule has 1 fully saturated rings. The van der Waals surface area contributed by atoms with Crippen LogP contribution in [0.1, 0.15) is 20.8 Å². The van der Waals surface area contributed by atoms with E-state index in [1.807, 2.05) is 0 Å². The highest BCUT2D eigenvalue weighted by atomic mass is 16.3. The Balaban J connectivity index is 2.67. The molecule has 0 radical (unpaired) electrons. The summed E-state index contributed by atoms with van der Waals surface area (Å²) in [5, 5.41) is 9.17. The standard InChI is InChI=1S/C10H20N2O2/c1-7(11)9(14)12-4-8(5-13)10(2,3)6-12/h7-8,13H,4-6,11H2,1-3H3. The number of carbonyl (C=O) groups excluding carboxylic acids is 1. The number of amides is 1. The molecule has 0 aliphatic carbocycles. The van der Waals surface area contributed by atoms with Crippen LogP contribution < -0.4 is 5.73 Å². The molecule has 0 aromatic rings. The molecule has 1 amide bonds. The number of nitrogens with zero attached hydrogens (tertiary/aromatic N) is 1. The number of carbonyl (C=O) groups is 1. The number of rotatable bonds is 2. The molecule has 2 atom stereocenters. The highest BCUT2D eigenvalue weighted by Gasteiger charge is 2.41. The number of nitrogens with two attached hydrogens (primary N) is 1. The third-order valence-corrected chi connectivity index (χ3v) is 3.07. The van der Waals surface area contributed by atoms with Crippen LogP contribution in [0.3, 0.4) is 0 Å². The summed E-state index contributed by atoms with van der Waals surface area (Å²) in [7, 11) is 0. The second-order valence-electron chi connectivity index (χ2n) is 4.88. The van der Waals surface area contributed by atoms with E-state index < -0.39 is 6.04 Å². The van der Waals surface area contributed by atoms with E-state index in [2.05, 4.69) is 13.8 Å². The Kier molecular flexibility index (Phi) is 3.17. The van der Waals surface area contributed by atoms with Gasteiger partial charge in [0.05, 0.1) is 6.04 Å². The van der Waals surface area contributed by atoms with Crippen molar-refractivity contribution in [2.75, 3.05) is 19.7 Å². The SMILES string of the molecule is CC(N)C(=O)N1CC(CO)C(C)(C)C1. The molecule has 82 valence electrons. The molecule has 1 saturated heterocycles. The average molecular weight is 200 g/mol. The predicted molar refractivity (Wildman–Crippen MR) is 54.6 cm³/mol. The Morgan fingerprint density at radius 3 is 2.64 bits per heavy atom. The highest BCUT2D eigenvalue weighted by molar-refractivity contribution is 5.81. The number of hydrogen-bond donors (Lipinski definition) is 2. The summed E-state index contributed by atoms with van der Waals surface area (Å²) in [6, 6.07) is -0.441. The molecule has 1 aliphatic rings. The van der Waals surface area contributed by atoms with E-state index in [0.29, 0.717) is 13.1 Å². The second-order valence-corrected chi connectivity index (χ2v) is 4.88. The highest BCUT2D eigenvalue weighted by Crippen LogP contribution is 2.34. The van der Waals surface area contributed by atoms with E-state index in [1.54, 1.807) is 11.8 Å². The maximum absolute atomic E-state index is 11.6. The summed E-state index contributed by atoms with van der Waals surface area (Å²) >= 11 is 0. The van der Waals surface area contributed by atoms with Gasteiger partial charge in [0.1, 0.15) is 0 Å². The summed E-state index contributed by atoms with van der Waals surface area (Å²) in [6.45, 7) is 7.30. The van der Waals surface area contributed by atoms with E-state index in [4.69, 9.17) is 5.73 Å². The van der Waals surface area contributed by atoms with Crippen LogP contribution in [0.5, 0.6) is 0 Å². The average Bonchev–Trinajstić information content (AvgIpc) is 2.39. The monoisotopic (exact) mass is 200 g/mol. The first kappa shape index (κ1) is 11.5. The first-order valence-electron chi connectivity index (χ1n) is 5.03. The van der Waals surface area contributed by atoms with Crippen LogP contribution in [0, 0.1) is 11.3 Å². The van der Waals surface area contributed by atoms with Crippen LogP contribution in [0.4, 0.5) is 0 Å². The Morgan fingerprint density at radius 2 is 2.29 bits per heavy atom. The first-order chi connectivity index (χ1) is 6.38. The van der Waals surface area contributed by atoms with Crippen molar-refractivity contribution in [2.45, 2.75) is 26.8 Å². The van der Waals surface area contributed by atoms with Gasteiger partial charge in [-0.1, -0.05) is 13.8 Å². The summed E-state index contributed by atoms with van der Waals surface area (Å²) in [6.07, 6.45) is 0. The van der Waals surface area contributed by atoms with Crippen LogP contribution in [0.2, 0.25) is 0 Å². The van der Waals surface area contributed by atoms with Gasteiger partial charge < -0.3 is 15.7 Å². The molecule has 1 rings (SSSR count). The molecule has 4 heteroatoms. The van der Waals surface area contributed by atoms with Crippen molar-refractivity contribution < 1.29 is 9.90 Å². The van der Waals surface area contributed by atoms with E-state index in [-0.39, 0.29) is 23.8 Å². The van der Waals surface area contributed by atoms with Crippen LogP contribution in [0.15, 0.2) is 0 Å². The van der Waals surface area contributed by atoms with E-state index >= 15 is 0 Å². The van der Waals surface area contributed by atoms with Crippen molar-refractivity contribution in [3.63, 3.8) is 0 Å². The fourth-order valence-electron chi connectivity index (χ4n) is 1.96. The first-order valence-corrected chi connectivity index (χ1v) is 5.03. The molecule has 4 nitrogen and oxygen atoms in total. The van der Waals surface area contributed by atoms with Gasteiger partial charge in [-0.05, 0) is 12.3 Å². The van der Waals surface area contributed by atoms with Crippen molar-refractivity contribution in [3.05, 3.63) is 0 Å². The van der Waals surface area contributed by atoms with Gasteiger partial charge in [-0.25, -0.2) is 0 Å². The molecule has 0 bridgehead atoms. The topological polar surface area (TPSA) is 66.6 Å². The number of aliphatic hydroxyl groups is 1. The van der Waals surface area contributed by atoms with Gasteiger partial charge in [-0.2, -0.15) is 0 Å². The zero-order valence-electron chi connectivity index (χ0n) is 9.16.